The van der Waals surface area contributed by atoms with Crippen molar-refractivity contribution in [3.05, 3.63) is 71.3 Å². The first-order chi connectivity index (χ1) is 15.9. The minimum Gasteiger partial charge on any atom is -0.493 e. The van der Waals surface area contributed by atoms with E-state index in [4.69, 9.17) is 21.7 Å². The van der Waals surface area contributed by atoms with Crippen LogP contribution in [0, 0.1) is 13.8 Å². The number of thiocarbonyl (C=S) groups is 1. The van der Waals surface area contributed by atoms with Gasteiger partial charge in [-0.05, 0) is 74.1 Å². The van der Waals surface area contributed by atoms with Crippen LogP contribution in [-0.2, 0) is 0 Å². The smallest absolute Gasteiger partial charge is 0.257 e. The van der Waals surface area contributed by atoms with Crippen molar-refractivity contribution in [1.82, 2.24) is 20.3 Å². The number of ether oxygens (including phenoxy) is 2. The van der Waals surface area contributed by atoms with Crippen molar-refractivity contribution in [3.63, 3.8) is 0 Å². The Balaban J connectivity index is 1.51. The zero-order valence-electron chi connectivity index (χ0n) is 18.7. The van der Waals surface area contributed by atoms with E-state index in [1.807, 2.05) is 50.2 Å². The van der Waals surface area contributed by atoms with Gasteiger partial charge in [0.25, 0.3) is 5.91 Å². The van der Waals surface area contributed by atoms with E-state index in [-0.39, 0.29) is 11.0 Å². The fourth-order valence-electron chi connectivity index (χ4n) is 3.30. The SMILES string of the molecule is COc1ccc(C(=O)NC(=S)Nc2cc3nn(-c4ccc(C)cc4)nc3cc2C)cc1OC. The van der Waals surface area contributed by atoms with Crippen LogP contribution >= 0.6 is 12.2 Å². The average Bonchev–Trinajstić information content (AvgIpc) is 3.21. The highest BCUT2D eigenvalue weighted by atomic mass is 32.1. The lowest BCUT2D eigenvalue weighted by Crippen LogP contribution is -2.34. The number of hydrogen-bond donors (Lipinski definition) is 2. The highest BCUT2D eigenvalue weighted by Gasteiger charge is 2.14. The van der Waals surface area contributed by atoms with Crippen molar-refractivity contribution in [1.29, 1.82) is 0 Å². The molecule has 0 aliphatic heterocycles. The number of carbonyl (C=O) groups is 1. The molecule has 4 rings (SSSR count). The number of aromatic nitrogens is 3. The predicted octanol–water partition coefficient (Wildman–Crippen LogP) is 4.18. The maximum Gasteiger partial charge on any atom is 0.257 e. The lowest BCUT2D eigenvalue weighted by atomic mass is 10.1. The Morgan fingerprint density at radius 1 is 0.909 bits per heavy atom. The van der Waals surface area contributed by atoms with Crippen molar-refractivity contribution >= 4 is 40.0 Å². The summed E-state index contributed by atoms with van der Waals surface area (Å²) in [4.78, 5) is 14.2. The first-order valence-corrected chi connectivity index (χ1v) is 10.6. The summed E-state index contributed by atoms with van der Waals surface area (Å²) in [5.41, 5.74) is 5.56. The van der Waals surface area contributed by atoms with E-state index >= 15 is 0 Å². The van der Waals surface area contributed by atoms with E-state index in [9.17, 15) is 4.79 Å². The Labute approximate surface area is 196 Å². The first-order valence-electron chi connectivity index (χ1n) is 10.2. The summed E-state index contributed by atoms with van der Waals surface area (Å²) in [6.07, 6.45) is 0. The maximum atomic E-state index is 12.6. The topological polar surface area (TPSA) is 90.3 Å². The summed E-state index contributed by atoms with van der Waals surface area (Å²) in [7, 11) is 3.05. The standard InChI is InChI=1S/C24H23N5O3S/c1-14-5-8-17(9-6-14)29-27-19-11-15(2)18(13-20(19)28-29)25-24(33)26-23(30)16-7-10-21(31-3)22(12-16)32-4/h5-13H,1-4H3,(H2,25,26,30,33). The zero-order chi connectivity index (χ0) is 23.5. The molecule has 33 heavy (non-hydrogen) atoms. The van der Waals surface area contributed by atoms with Gasteiger partial charge in [0.05, 0.1) is 19.9 Å². The Morgan fingerprint density at radius 3 is 2.24 bits per heavy atom. The minimum absolute atomic E-state index is 0.170. The van der Waals surface area contributed by atoms with E-state index in [0.29, 0.717) is 22.6 Å². The molecule has 0 radical (unpaired) electrons. The molecule has 0 aliphatic rings. The lowest BCUT2D eigenvalue weighted by Gasteiger charge is -2.13. The summed E-state index contributed by atoms with van der Waals surface area (Å²) in [6, 6.07) is 16.7. The van der Waals surface area contributed by atoms with Gasteiger partial charge in [0.1, 0.15) is 11.0 Å². The number of hydrogen-bond acceptors (Lipinski definition) is 6. The average molecular weight is 462 g/mol. The van der Waals surface area contributed by atoms with E-state index in [0.717, 1.165) is 22.5 Å². The molecule has 0 bridgehead atoms. The highest BCUT2D eigenvalue weighted by Crippen LogP contribution is 2.27. The van der Waals surface area contributed by atoms with Crippen molar-refractivity contribution < 1.29 is 14.3 Å². The van der Waals surface area contributed by atoms with E-state index in [2.05, 4.69) is 20.8 Å². The molecule has 4 aromatic rings. The van der Waals surface area contributed by atoms with Crippen molar-refractivity contribution in [2.45, 2.75) is 13.8 Å². The van der Waals surface area contributed by atoms with Crippen LogP contribution < -0.4 is 20.1 Å². The number of methoxy groups -OCH3 is 2. The molecule has 1 amide bonds. The number of anilines is 1. The van der Waals surface area contributed by atoms with Crippen LogP contribution in [0.1, 0.15) is 21.5 Å². The summed E-state index contributed by atoms with van der Waals surface area (Å²) in [5.74, 6) is 0.636. The van der Waals surface area contributed by atoms with E-state index < -0.39 is 0 Å². The molecule has 0 saturated carbocycles. The number of carbonyl (C=O) groups excluding carboxylic acids is 1. The van der Waals surface area contributed by atoms with Crippen LogP contribution in [0.4, 0.5) is 5.69 Å². The van der Waals surface area contributed by atoms with Crippen LogP contribution in [-0.4, -0.2) is 40.2 Å². The van der Waals surface area contributed by atoms with Crippen molar-refractivity contribution in [2.75, 3.05) is 19.5 Å². The van der Waals surface area contributed by atoms with Crippen LogP contribution in [0.15, 0.2) is 54.6 Å². The summed E-state index contributed by atoms with van der Waals surface area (Å²) < 4.78 is 10.5. The number of nitrogens with one attached hydrogen (secondary N) is 2. The fourth-order valence-corrected chi connectivity index (χ4v) is 3.51. The Bertz CT molecular complexity index is 1350. The third-order valence-electron chi connectivity index (χ3n) is 5.11. The second kappa shape index (κ2) is 9.25. The molecular weight excluding hydrogens is 438 g/mol. The quantitative estimate of drug-likeness (QED) is 0.431. The molecule has 9 heteroatoms. The van der Waals surface area contributed by atoms with Gasteiger partial charge in [-0.15, -0.1) is 10.2 Å². The molecular formula is C24H23N5O3S. The first kappa shape index (κ1) is 22.2. The predicted molar refractivity (Wildman–Crippen MR) is 132 cm³/mol. The molecule has 0 atom stereocenters. The molecule has 0 fully saturated rings. The van der Waals surface area contributed by atoms with Crippen LogP contribution in [0.3, 0.4) is 0 Å². The van der Waals surface area contributed by atoms with Gasteiger partial charge >= 0.3 is 0 Å². The summed E-state index contributed by atoms with van der Waals surface area (Å²) in [5, 5.41) is 15.1. The van der Waals surface area contributed by atoms with Gasteiger partial charge in [0.15, 0.2) is 16.6 Å². The number of aryl methyl sites for hydroxylation is 2. The van der Waals surface area contributed by atoms with Crippen molar-refractivity contribution in [2.24, 2.45) is 0 Å². The largest absolute Gasteiger partial charge is 0.493 e. The molecule has 8 nitrogen and oxygen atoms in total. The molecule has 168 valence electrons. The number of nitrogens with zero attached hydrogens (tertiary/aromatic N) is 3. The van der Waals surface area contributed by atoms with Gasteiger partial charge in [0.2, 0.25) is 0 Å². The second-order valence-corrected chi connectivity index (χ2v) is 7.87. The fraction of sp³-hybridized carbons (Fsp3) is 0.167. The maximum absolute atomic E-state index is 12.6. The molecule has 2 N–H and O–H groups in total. The van der Waals surface area contributed by atoms with Gasteiger partial charge < -0.3 is 14.8 Å². The van der Waals surface area contributed by atoms with Gasteiger partial charge in [-0.3, -0.25) is 10.1 Å². The number of fused-ring (bicyclic) bond motifs is 1. The van der Waals surface area contributed by atoms with Crippen LogP contribution in [0.5, 0.6) is 11.5 Å². The molecule has 0 aliphatic carbocycles. The third kappa shape index (κ3) is 4.78. The zero-order valence-corrected chi connectivity index (χ0v) is 19.5. The molecule has 3 aromatic carbocycles. The number of benzene rings is 3. The summed E-state index contributed by atoms with van der Waals surface area (Å²) >= 11 is 5.36. The summed E-state index contributed by atoms with van der Waals surface area (Å²) in [6.45, 7) is 3.97. The van der Waals surface area contributed by atoms with Gasteiger partial charge in [-0.25, -0.2) is 0 Å². The second-order valence-electron chi connectivity index (χ2n) is 7.46. The molecule has 1 heterocycles. The molecule has 0 spiro atoms. The number of amides is 1. The van der Waals surface area contributed by atoms with Crippen molar-refractivity contribution in [3.8, 4) is 17.2 Å². The van der Waals surface area contributed by atoms with E-state index in [1.165, 1.54) is 19.8 Å². The number of rotatable bonds is 5. The minimum atomic E-state index is -0.363. The normalized spacial score (nSPS) is 10.7. The van der Waals surface area contributed by atoms with Crippen LogP contribution in [0.25, 0.3) is 16.7 Å². The molecule has 1 aromatic heterocycles. The third-order valence-corrected chi connectivity index (χ3v) is 5.32. The molecule has 0 saturated heterocycles. The highest BCUT2D eigenvalue weighted by molar-refractivity contribution is 7.80. The Morgan fingerprint density at radius 2 is 1.58 bits per heavy atom. The van der Waals surface area contributed by atoms with Gasteiger partial charge in [-0.2, -0.15) is 4.80 Å². The van der Waals surface area contributed by atoms with E-state index in [1.54, 1.807) is 23.0 Å². The molecule has 0 unspecified atom stereocenters. The van der Waals surface area contributed by atoms with Crippen LogP contribution in [0.2, 0.25) is 0 Å². The monoisotopic (exact) mass is 461 g/mol. The van der Waals surface area contributed by atoms with Gasteiger partial charge in [-0.1, -0.05) is 17.7 Å². The Hall–Kier alpha value is -3.98. The van der Waals surface area contributed by atoms with Gasteiger partial charge in [0, 0.05) is 11.3 Å². The lowest BCUT2D eigenvalue weighted by molar-refractivity contribution is 0.0977. The Kier molecular flexibility index (Phi) is 6.23.